The molecule has 0 saturated carbocycles. The van der Waals surface area contributed by atoms with E-state index in [0.29, 0.717) is 12.2 Å². The number of nitrogens with one attached hydrogen (secondary N) is 2. The van der Waals surface area contributed by atoms with Crippen molar-refractivity contribution in [2.45, 2.75) is 39.2 Å². The highest BCUT2D eigenvalue weighted by Gasteiger charge is 2.26. The number of carbonyl (C=O) groups is 2. The van der Waals surface area contributed by atoms with Gasteiger partial charge in [-0.05, 0) is 30.0 Å². The Hall–Kier alpha value is -2.06. The highest BCUT2D eigenvalue weighted by atomic mass is 16.5. The van der Waals surface area contributed by atoms with Crippen molar-refractivity contribution in [3.05, 3.63) is 29.8 Å². The van der Waals surface area contributed by atoms with E-state index in [1.54, 1.807) is 19.2 Å². The number of hydrogen-bond acceptors (Lipinski definition) is 5. The molecule has 0 aliphatic carbocycles. The molecule has 7 nitrogen and oxygen atoms in total. The van der Waals surface area contributed by atoms with Crippen LogP contribution >= 0.6 is 0 Å². The maximum Gasteiger partial charge on any atom is 0.475 e. The third-order valence-electron chi connectivity index (χ3n) is 3.38. The van der Waals surface area contributed by atoms with Crippen molar-refractivity contribution >= 4 is 18.9 Å². The average molecular weight is 336 g/mol. The van der Waals surface area contributed by atoms with E-state index in [9.17, 15) is 19.6 Å². The summed E-state index contributed by atoms with van der Waals surface area (Å²) in [6.07, 6.45) is 0.0418. The molecule has 1 aromatic rings. The van der Waals surface area contributed by atoms with E-state index in [4.69, 9.17) is 4.74 Å². The summed E-state index contributed by atoms with van der Waals surface area (Å²) in [7, 11) is -0.0956. The van der Waals surface area contributed by atoms with Crippen LogP contribution in [0.5, 0.6) is 5.75 Å². The van der Waals surface area contributed by atoms with Crippen LogP contribution in [0.3, 0.4) is 0 Å². The summed E-state index contributed by atoms with van der Waals surface area (Å²) in [5, 5.41) is 23.7. The standard InChI is InChI=1S/C16H25BN2O5/c1-11(2)7-14(17(22)23)19-16(21)9-15(20)18-10-12-5-4-6-13(8-12)24-3/h4-6,8,11,14,22-23H,7,9-10H2,1-3H3,(H,18,20)(H,19,21). The summed E-state index contributed by atoms with van der Waals surface area (Å²) >= 11 is 0. The van der Waals surface area contributed by atoms with Crippen molar-refractivity contribution in [1.82, 2.24) is 10.6 Å². The smallest absolute Gasteiger partial charge is 0.475 e. The van der Waals surface area contributed by atoms with Gasteiger partial charge in [0.2, 0.25) is 11.8 Å². The quantitative estimate of drug-likeness (QED) is 0.382. The Morgan fingerprint density at radius 3 is 2.54 bits per heavy atom. The minimum Gasteiger partial charge on any atom is -0.497 e. The molecule has 1 rings (SSSR count). The number of amides is 2. The first kappa shape index (κ1) is 20.0. The molecule has 1 unspecified atom stereocenters. The summed E-state index contributed by atoms with van der Waals surface area (Å²) < 4.78 is 5.10. The van der Waals surface area contributed by atoms with Crippen molar-refractivity contribution < 1.29 is 24.4 Å². The Balaban J connectivity index is 2.44. The second kappa shape index (κ2) is 9.94. The fourth-order valence-electron chi connectivity index (χ4n) is 2.21. The SMILES string of the molecule is COc1cccc(CNC(=O)CC(=O)NC(CC(C)C)B(O)O)c1. The largest absolute Gasteiger partial charge is 0.497 e. The second-order valence-corrected chi connectivity index (χ2v) is 6.02. The van der Waals surface area contributed by atoms with Gasteiger partial charge in [-0.15, -0.1) is 0 Å². The highest BCUT2D eigenvalue weighted by Crippen LogP contribution is 2.12. The van der Waals surface area contributed by atoms with E-state index in [2.05, 4.69) is 10.6 Å². The first-order valence-electron chi connectivity index (χ1n) is 7.87. The van der Waals surface area contributed by atoms with Gasteiger partial charge in [0.05, 0.1) is 13.1 Å². The van der Waals surface area contributed by atoms with Crippen molar-refractivity contribution in [2.24, 2.45) is 5.92 Å². The van der Waals surface area contributed by atoms with E-state index < -0.39 is 24.9 Å². The monoisotopic (exact) mass is 336 g/mol. The van der Waals surface area contributed by atoms with Gasteiger partial charge < -0.3 is 25.4 Å². The highest BCUT2D eigenvalue weighted by molar-refractivity contribution is 6.43. The lowest BCUT2D eigenvalue weighted by atomic mass is 9.75. The van der Waals surface area contributed by atoms with Gasteiger partial charge in [0, 0.05) is 6.54 Å². The van der Waals surface area contributed by atoms with Crippen molar-refractivity contribution in [2.75, 3.05) is 7.11 Å². The Morgan fingerprint density at radius 2 is 1.96 bits per heavy atom. The van der Waals surface area contributed by atoms with Crippen LogP contribution in [0.15, 0.2) is 24.3 Å². The Bertz CT molecular complexity index is 551. The number of rotatable bonds is 9. The summed E-state index contributed by atoms with van der Waals surface area (Å²) in [5.74, 6) is -0.904. The van der Waals surface area contributed by atoms with E-state index in [1.165, 1.54) is 0 Å². The Kier molecular flexibility index (Phi) is 8.28. The van der Waals surface area contributed by atoms with Crippen LogP contribution in [-0.2, 0) is 16.1 Å². The molecule has 24 heavy (non-hydrogen) atoms. The van der Waals surface area contributed by atoms with E-state index in [0.717, 1.165) is 5.56 Å². The first-order chi connectivity index (χ1) is 11.3. The maximum absolute atomic E-state index is 11.8. The molecule has 0 bridgehead atoms. The van der Waals surface area contributed by atoms with Gasteiger partial charge in [0.25, 0.3) is 0 Å². The number of ether oxygens (including phenoxy) is 1. The molecule has 132 valence electrons. The van der Waals surface area contributed by atoms with E-state index in [-0.39, 0.29) is 18.9 Å². The minimum atomic E-state index is -1.66. The van der Waals surface area contributed by atoms with Crippen molar-refractivity contribution in [3.8, 4) is 5.75 Å². The summed E-state index contributed by atoms with van der Waals surface area (Å²) in [6.45, 7) is 4.09. The van der Waals surface area contributed by atoms with Crippen LogP contribution in [0.25, 0.3) is 0 Å². The summed E-state index contributed by atoms with van der Waals surface area (Å²) in [6, 6.07) is 7.24. The average Bonchev–Trinajstić information content (AvgIpc) is 2.52. The molecule has 0 saturated heterocycles. The summed E-state index contributed by atoms with van der Waals surface area (Å²) in [5.41, 5.74) is 0.853. The molecule has 0 spiro atoms. The summed E-state index contributed by atoms with van der Waals surface area (Å²) in [4.78, 5) is 23.7. The van der Waals surface area contributed by atoms with E-state index >= 15 is 0 Å². The van der Waals surface area contributed by atoms with Crippen molar-refractivity contribution in [1.29, 1.82) is 0 Å². The first-order valence-corrected chi connectivity index (χ1v) is 7.87. The van der Waals surface area contributed by atoms with Crippen LogP contribution in [0, 0.1) is 5.92 Å². The topological polar surface area (TPSA) is 108 Å². The lowest BCUT2D eigenvalue weighted by Gasteiger charge is -2.19. The zero-order valence-corrected chi connectivity index (χ0v) is 14.3. The van der Waals surface area contributed by atoms with Crippen LogP contribution < -0.4 is 15.4 Å². The number of hydrogen-bond donors (Lipinski definition) is 4. The molecule has 2 amide bonds. The lowest BCUT2D eigenvalue weighted by molar-refractivity contribution is -0.129. The molecule has 0 radical (unpaired) electrons. The van der Waals surface area contributed by atoms with Crippen LogP contribution in [-0.4, -0.2) is 42.0 Å². The molecule has 0 heterocycles. The van der Waals surface area contributed by atoms with Crippen LogP contribution in [0.2, 0.25) is 0 Å². The second-order valence-electron chi connectivity index (χ2n) is 6.02. The predicted molar refractivity (Wildman–Crippen MR) is 91.0 cm³/mol. The normalized spacial score (nSPS) is 11.8. The molecular formula is C16H25BN2O5. The molecule has 1 aromatic carbocycles. The fourth-order valence-corrected chi connectivity index (χ4v) is 2.21. The molecule has 0 aromatic heterocycles. The van der Waals surface area contributed by atoms with Crippen LogP contribution in [0.1, 0.15) is 32.3 Å². The van der Waals surface area contributed by atoms with Gasteiger partial charge in [-0.25, -0.2) is 0 Å². The van der Waals surface area contributed by atoms with Gasteiger partial charge in [-0.3, -0.25) is 9.59 Å². The number of benzene rings is 1. The van der Waals surface area contributed by atoms with Crippen LogP contribution in [0.4, 0.5) is 0 Å². The van der Waals surface area contributed by atoms with Gasteiger partial charge in [0.1, 0.15) is 12.2 Å². The molecule has 8 heteroatoms. The minimum absolute atomic E-state index is 0.180. The third kappa shape index (κ3) is 7.48. The molecular weight excluding hydrogens is 311 g/mol. The molecule has 1 atom stereocenters. The van der Waals surface area contributed by atoms with Gasteiger partial charge >= 0.3 is 7.12 Å². The zero-order chi connectivity index (χ0) is 18.1. The predicted octanol–water partition coefficient (Wildman–Crippen LogP) is 0.244. The molecule has 4 N–H and O–H groups in total. The zero-order valence-electron chi connectivity index (χ0n) is 14.3. The van der Waals surface area contributed by atoms with Crippen molar-refractivity contribution in [3.63, 3.8) is 0 Å². The Morgan fingerprint density at radius 1 is 1.25 bits per heavy atom. The third-order valence-corrected chi connectivity index (χ3v) is 3.38. The van der Waals surface area contributed by atoms with E-state index in [1.807, 2.05) is 26.0 Å². The van der Waals surface area contributed by atoms with Gasteiger partial charge in [0.15, 0.2) is 0 Å². The molecule has 0 aliphatic rings. The molecule has 0 fully saturated rings. The molecule has 0 aliphatic heterocycles. The van der Waals surface area contributed by atoms with Gasteiger partial charge in [-0.2, -0.15) is 0 Å². The fraction of sp³-hybridized carbons (Fsp3) is 0.500. The maximum atomic E-state index is 11.8. The number of methoxy groups -OCH3 is 1. The Labute approximate surface area is 142 Å². The lowest BCUT2D eigenvalue weighted by Crippen LogP contribution is -2.48. The number of carbonyl (C=O) groups excluding carboxylic acids is 2. The van der Waals surface area contributed by atoms with Gasteiger partial charge in [-0.1, -0.05) is 26.0 Å².